The number of nitrogens with zero attached hydrogens (tertiary/aromatic N) is 1. The van der Waals surface area contributed by atoms with Crippen LogP contribution in [-0.4, -0.2) is 4.98 Å². The van der Waals surface area contributed by atoms with Crippen LogP contribution in [0.5, 0.6) is 0 Å². The summed E-state index contributed by atoms with van der Waals surface area (Å²) < 4.78 is 12.7. The van der Waals surface area contributed by atoms with Crippen LogP contribution in [-0.2, 0) is 0 Å². The molecular formula is C10H15FN2. The van der Waals surface area contributed by atoms with Gasteiger partial charge >= 0.3 is 0 Å². The Balaban J connectivity index is 2.71. The third-order valence-corrected chi connectivity index (χ3v) is 1.88. The van der Waals surface area contributed by atoms with E-state index in [0.717, 1.165) is 12.0 Å². The van der Waals surface area contributed by atoms with Crippen molar-refractivity contribution in [2.75, 3.05) is 0 Å². The normalized spacial score (nSPS) is 13.3. The molecular weight excluding hydrogens is 167 g/mol. The third kappa shape index (κ3) is 3.11. The molecule has 1 atom stereocenters. The summed E-state index contributed by atoms with van der Waals surface area (Å²) in [7, 11) is 0. The topological polar surface area (TPSA) is 38.9 Å². The fraction of sp³-hybridized carbons (Fsp3) is 0.500. The van der Waals surface area contributed by atoms with Gasteiger partial charge in [0.2, 0.25) is 0 Å². The molecule has 0 aliphatic carbocycles. The van der Waals surface area contributed by atoms with Crippen LogP contribution in [0.1, 0.15) is 31.9 Å². The van der Waals surface area contributed by atoms with E-state index < -0.39 is 0 Å². The second kappa shape index (κ2) is 4.33. The van der Waals surface area contributed by atoms with Gasteiger partial charge in [-0.1, -0.05) is 13.8 Å². The predicted octanol–water partition coefficient (Wildman–Crippen LogP) is 2.27. The van der Waals surface area contributed by atoms with E-state index in [1.54, 1.807) is 6.20 Å². The summed E-state index contributed by atoms with van der Waals surface area (Å²) in [6, 6.07) is 1.34. The number of aromatic nitrogens is 1. The lowest BCUT2D eigenvalue weighted by atomic mass is 9.99. The van der Waals surface area contributed by atoms with E-state index in [1.807, 2.05) is 0 Å². The van der Waals surface area contributed by atoms with E-state index >= 15 is 0 Å². The highest BCUT2D eigenvalue weighted by atomic mass is 19.1. The molecule has 2 nitrogen and oxygen atoms in total. The Hall–Kier alpha value is -0.960. The van der Waals surface area contributed by atoms with Gasteiger partial charge in [-0.25, -0.2) is 4.39 Å². The summed E-state index contributed by atoms with van der Waals surface area (Å²) in [5, 5.41) is 0. The van der Waals surface area contributed by atoms with Gasteiger partial charge < -0.3 is 5.73 Å². The van der Waals surface area contributed by atoms with Crippen molar-refractivity contribution in [1.82, 2.24) is 4.98 Å². The van der Waals surface area contributed by atoms with Gasteiger partial charge in [0.05, 0.1) is 6.20 Å². The van der Waals surface area contributed by atoms with Crippen molar-refractivity contribution in [2.45, 2.75) is 26.3 Å². The quantitative estimate of drug-likeness (QED) is 0.778. The molecule has 0 fully saturated rings. The van der Waals surface area contributed by atoms with Crippen molar-refractivity contribution < 1.29 is 4.39 Å². The molecule has 1 aromatic rings. The second-order valence-corrected chi connectivity index (χ2v) is 3.67. The molecule has 13 heavy (non-hydrogen) atoms. The zero-order valence-electron chi connectivity index (χ0n) is 8.00. The largest absolute Gasteiger partial charge is 0.324 e. The molecule has 0 spiro atoms. The number of nitrogens with two attached hydrogens (primary N) is 1. The molecule has 0 saturated heterocycles. The molecule has 0 amide bonds. The summed E-state index contributed by atoms with van der Waals surface area (Å²) in [6.45, 7) is 4.18. The average Bonchev–Trinajstić information content (AvgIpc) is 2.03. The molecule has 0 aliphatic heterocycles. The third-order valence-electron chi connectivity index (χ3n) is 1.88. The number of halogens is 1. The van der Waals surface area contributed by atoms with Crippen LogP contribution in [0.15, 0.2) is 18.5 Å². The fourth-order valence-electron chi connectivity index (χ4n) is 1.28. The van der Waals surface area contributed by atoms with Crippen molar-refractivity contribution in [3.63, 3.8) is 0 Å². The van der Waals surface area contributed by atoms with Crippen LogP contribution in [0.25, 0.3) is 0 Å². The van der Waals surface area contributed by atoms with E-state index in [9.17, 15) is 4.39 Å². The highest BCUT2D eigenvalue weighted by molar-refractivity contribution is 5.14. The standard InChI is InChI=1S/C10H15FN2/c1-7(2)3-10(12)8-4-9(11)6-13-5-8/h4-7,10H,3,12H2,1-2H3/t10-/m1/s1. The summed E-state index contributed by atoms with van der Waals surface area (Å²) in [6.07, 6.45) is 3.66. The lowest BCUT2D eigenvalue weighted by Gasteiger charge is -2.13. The Bertz CT molecular complexity index is 273. The van der Waals surface area contributed by atoms with Crippen LogP contribution in [0.2, 0.25) is 0 Å². The van der Waals surface area contributed by atoms with Gasteiger partial charge in [0.1, 0.15) is 5.82 Å². The maximum absolute atomic E-state index is 12.7. The smallest absolute Gasteiger partial charge is 0.141 e. The number of hydrogen-bond donors (Lipinski definition) is 1. The molecule has 0 aromatic carbocycles. The van der Waals surface area contributed by atoms with Gasteiger partial charge in [0.15, 0.2) is 0 Å². The lowest BCUT2D eigenvalue weighted by molar-refractivity contribution is 0.505. The highest BCUT2D eigenvalue weighted by Gasteiger charge is 2.08. The Kier molecular flexibility index (Phi) is 3.37. The molecule has 1 heterocycles. The van der Waals surface area contributed by atoms with Gasteiger partial charge in [-0.15, -0.1) is 0 Å². The average molecular weight is 182 g/mol. The van der Waals surface area contributed by atoms with Crippen molar-refractivity contribution >= 4 is 0 Å². The Morgan fingerprint density at radius 2 is 2.15 bits per heavy atom. The first kappa shape index (κ1) is 10.1. The van der Waals surface area contributed by atoms with E-state index in [4.69, 9.17) is 5.73 Å². The maximum atomic E-state index is 12.7. The predicted molar refractivity (Wildman–Crippen MR) is 50.6 cm³/mol. The van der Waals surface area contributed by atoms with E-state index in [1.165, 1.54) is 12.3 Å². The molecule has 0 radical (unpaired) electrons. The molecule has 3 heteroatoms. The first-order valence-electron chi connectivity index (χ1n) is 4.45. The molecule has 1 rings (SSSR count). The molecule has 72 valence electrons. The van der Waals surface area contributed by atoms with Crippen LogP contribution in [0.3, 0.4) is 0 Å². The maximum Gasteiger partial charge on any atom is 0.141 e. The van der Waals surface area contributed by atoms with Crippen LogP contribution < -0.4 is 5.73 Å². The number of rotatable bonds is 3. The van der Waals surface area contributed by atoms with Crippen LogP contribution in [0, 0.1) is 11.7 Å². The molecule has 0 aliphatic rings. The molecule has 1 aromatic heterocycles. The van der Waals surface area contributed by atoms with Crippen molar-refractivity contribution in [3.05, 3.63) is 29.8 Å². The second-order valence-electron chi connectivity index (χ2n) is 3.67. The van der Waals surface area contributed by atoms with Gasteiger partial charge in [-0.05, 0) is 24.0 Å². The van der Waals surface area contributed by atoms with Gasteiger partial charge in [-0.3, -0.25) is 4.98 Å². The Labute approximate surface area is 78.0 Å². The minimum Gasteiger partial charge on any atom is -0.324 e. The van der Waals surface area contributed by atoms with Gasteiger partial charge in [0, 0.05) is 12.2 Å². The Morgan fingerprint density at radius 3 is 2.69 bits per heavy atom. The first-order valence-corrected chi connectivity index (χ1v) is 4.45. The minimum absolute atomic E-state index is 0.108. The zero-order chi connectivity index (χ0) is 9.84. The summed E-state index contributed by atoms with van der Waals surface area (Å²) in [4.78, 5) is 3.76. The summed E-state index contributed by atoms with van der Waals surface area (Å²) >= 11 is 0. The molecule has 0 bridgehead atoms. The first-order chi connectivity index (χ1) is 6.09. The lowest BCUT2D eigenvalue weighted by Crippen LogP contribution is -2.13. The van der Waals surface area contributed by atoms with E-state index in [-0.39, 0.29) is 11.9 Å². The van der Waals surface area contributed by atoms with Gasteiger partial charge in [0.25, 0.3) is 0 Å². The highest BCUT2D eigenvalue weighted by Crippen LogP contribution is 2.17. The SMILES string of the molecule is CC(C)C[C@@H](N)c1cncc(F)c1. The summed E-state index contributed by atoms with van der Waals surface area (Å²) in [5.41, 5.74) is 6.63. The minimum atomic E-state index is -0.322. The van der Waals surface area contributed by atoms with E-state index in [2.05, 4.69) is 18.8 Å². The Morgan fingerprint density at radius 1 is 1.46 bits per heavy atom. The van der Waals surface area contributed by atoms with E-state index in [0.29, 0.717) is 5.92 Å². The van der Waals surface area contributed by atoms with Crippen molar-refractivity contribution in [1.29, 1.82) is 0 Å². The van der Waals surface area contributed by atoms with Crippen molar-refractivity contribution in [3.8, 4) is 0 Å². The van der Waals surface area contributed by atoms with Gasteiger partial charge in [-0.2, -0.15) is 0 Å². The molecule has 0 saturated carbocycles. The molecule has 2 N–H and O–H groups in total. The number of pyridine rings is 1. The monoisotopic (exact) mass is 182 g/mol. The van der Waals surface area contributed by atoms with Crippen LogP contribution >= 0.6 is 0 Å². The van der Waals surface area contributed by atoms with Crippen molar-refractivity contribution in [2.24, 2.45) is 11.7 Å². The molecule has 0 unspecified atom stereocenters. The summed E-state index contributed by atoms with van der Waals surface area (Å²) in [5.74, 6) is 0.190. The van der Waals surface area contributed by atoms with Crippen LogP contribution in [0.4, 0.5) is 4.39 Å². The fourth-order valence-corrected chi connectivity index (χ4v) is 1.28. The zero-order valence-corrected chi connectivity index (χ0v) is 8.00. The number of hydrogen-bond acceptors (Lipinski definition) is 2.